The summed E-state index contributed by atoms with van der Waals surface area (Å²) in [7, 11) is 0. The molecule has 0 saturated heterocycles. The third-order valence-electron chi connectivity index (χ3n) is 4.02. The minimum Gasteiger partial charge on any atom is -0.493 e. The minimum atomic E-state index is -0.690. The summed E-state index contributed by atoms with van der Waals surface area (Å²) < 4.78 is 5.62. The van der Waals surface area contributed by atoms with Crippen molar-refractivity contribution in [2.75, 3.05) is 13.2 Å². The van der Waals surface area contributed by atoms with Gasteiger partial charge >= 0.3 is 0 Å². The third kappa shape index (κ3) is 5.34. The van der Waals surface area contributed by atoms with E-state index in [2.05, 4.69) is 19.2 Å². The van der Waals surface area contributed by atoms with Gasteiger partial charge in [0.2, 0.25) is 5.91 Å². The Morgan fingerprint density at radius 1 is 1.27 bits per heavy atom. The molecule has 1 aliphatic rings. The molecule has 2 N–H and O–H groups in total. The number of benzene rings is 1. The molecule has 1 aliphatic carbocycles. The first-order valence-corrected chi connectivity index (χ1v) is 8.18. The van der Waals surface area contributed by atoms with Gasteiger partial charge in [-0.15, -0.1) is 0 Å². The Kier molecular flexibility index (Phi) is 5.83. The van der Waals surface area contributed by atoms with Gasteiger partial charge in [0.15, 0.2) is 0 Å². The van der Waals surface area contributed by atoms with Crippen LogP contribution in [0.15, 0.2) is 24.3 Å². The fourth-order valence-corrected chi connectivity index (χ4v) is 2.69. The molecule has 1 saturated carbocycles. The van der Waals surface area contributed by atoms with Gasteiger partial charge in [0.25, 0.3) is 0 Å². The lowest BCUT2D eigenvalue weighted by Crippen LogP contribution is -2.41. The first-order chi connectivity index (χ1) is 10.5. The van der Waals surface area contributed by atoms with Crippen LogP contribution in [0.5, 0.6) is 5.75 Å². The summed E-state index contributed by atoms with van der Waals surface area (Å²) >= 11 is 0. The number of ether oxygens (including phenoxy) is 1. The van der Waals surface area contributed by atoms with E-state index in [-0.39, 0.29) is 5.91 Å². The van der Waals surface area contributed by atoms with Gasteiger partial charge in [0.1, 0.15) is 5.75 Å². The average molecular weight is 305 g/mol. The molecule has 4 heteroatoms. The molecule has 0 heterocycles. The van der Waals surface area contributed by atoms with E-state index in [1.807, 2.05) is 24.3 Å². The maximum Gasteiger partial charge on any atom is 0.224 e. The minimum absolute atomic E-state index is 0.0452. The maximum absolute atomic E-state index is 12.0. The first kappa shape index (κ1) is 16.8. The lowest BCUT2D eigenvalue weighted by molar-refractivity contribution is -0.121. The van der Waals surface area contributed by atoms with Crippen molar-refractivity contribution in [3.05, 3.63) is 29.8 Å². The van der Waals surface area contributed by atoms with E-state index < -0.39 is 5.60 Å². The molecule has 1 aromatic carbocycles. The number of carbonyl (C=O) groups is 1. The van der Waals surface area contributed by atoms with Crippen molar-refractivity contribution in [2.45, 2.75) is 51.6 Å². The molecule has 0 bridgehead atoms. The quantitative estimate of drug-likeness (QED) is 0.814. The lowest BCUT2D eigenvalue weighted by atomic mass is 10.0. The van der Waals surface area contributed by atoms with Crippen molar-refractivity contribution in [3.8, 4) is 5.75 Å². The summed E-state index contributed by atoms with van der Waals surface area (Å²) in [5.74, 6) is 1.28. The Balaban J connectivity index is 1.76. The van der Waals surface area contributed by atoms with Crippen molar-refractivity contribution < 1.29 is 14.6 Å². The summed E-state index contributed by atoms with van der Waals surface area (Å²) in [4.78, 5) is 12.0. The van der Waals surface area contributed by atoms with Crippen LogP contribution in [0.2, 0.25) is 0 Å². The molecule has 1 fully saturated rings. The number of hydrogen-bond donors (Lipinski definition) is 2. The van der Waals surface area contributed by atoms with E-state index in [1.165, 1.54) is 0 Å². The Morgan fingerprint density at radius 2 is 1.91 bits per heavy atom. The summed E-state index contributed by atoms with van der Waals surface area (Å²) in [5.41, 5.74) is 0.261. The van der Waals surface area contributed by atoms with Crippen molar-refractivity contribution >= 4 is 5.91 Å². The maximum atomic E-state index is 12.0. The normalized spacial score (nSPS) is 16.7. The summed E-state index contributed by atoms with van der Waals surface area (Å²) in [5, 5.41) is 13.1. The molecule has 22 heavy (non-hydrogen) atoms. The highest BCUT2D eigenvalue weighted by Gasteiger charge is 2.31. The topological polar surface area (TPSA) is 58.6 Å². The van der Waals surface area contributed by atoms with Gasteiger partial charge in [0, 0.05) is 6.54 Å². The number of carbonyl (C=O) groups excluding carboxylic acids is 1. The van der Waals surface area contributed by atoms with E-state index in [9.17, 15) is 9.90 Å². The number of amides is 1. The largest absolute Gasteiger partial charge is 0.493 e. The van der Waals surface area contributed by atoms with E-state index in [4.69, 9.17) is 4.74 Å². The predicted molar refractivity (Wildman–Crippen MR) is 86.9 cm³/mol. The average Bonchev–Trinajstić information content (AvgIpc) is 2.92. The molecule has 0 atom stereocenters. The monoisotopic (exact) mass is 305 g/mol. The molecule has 1 amide bonds. The number of rotatable bonds is 7. The highest BCUT2D eigenvalue weighted by Crippen LogP contribution is 2.28. The van der Waals surface area contributed by atoms with Crippen molar-refractivity contribution in [3.63, 3.8) is 0 Å². The van der Waals surface area contributed by atoms with Crippen LogP contribution in [-0.2, 0) is 11.2 Å². The molecule has 0 aliphatic heterocycles. The van der Waals surface area contributed by atoms with Crippen LogP contribution in [-0.4, -0.2) is 29.8 Å². The van der Waals surface area contributed by atoms with Crippen LogP contribution < -0.4 is 10.1 Å². The Bertz CT molecular complexity index is 476. The number of aliphatic hydroxyl groups is 1. The second kappa shape index (κ2) is 7.63. The third-order valence-corrected chi connectivity index (χ3v) is 4.02. The fraction of sp³-hybridized carbons (Fsp3) is 0.611. The van der Waals surface area contributed by atoms with Gasteiger partial charge in [-0.05, 0) is 36.5 Å². The highest BCUT2D eigenvalue weighted by atomic mass is 16.5. The standard InChI is InChI=1S/C18H27NO3/c1-14(2)12-22-16-7-5-15(6-8-16)11-17(20)19-13-18(21)9-3-4-10-18/h5-8,14,21H,3-4,9-13H2,1-2H3,(H,19,20). The van der Waals surface area contributed by atoms with Crippen molar-refractivity contribution in [1.29, 1.82) is 0 Å². The second-order valence-corrected chi connectivity index (χ2v) is 6.73. The molecule has 1 aromatic rings. The zero-order chi connectivity index (χ0) is 16.0. The fourth-order valence-electron chi connectivity index (χ4n) is 2.69. The smallest absolute Gasteiger partial charge is 0.224 e. The van der Waals surface area contributed by atoms with Crippen LogP contribution in [0, 0.1) is 5.92 Å². The second-order valence-electron chi connectivity index (χ2n) is 6.73. The van der Waals surface area contributed by atoms with Crippen LogP contribution in [0.25, 0.3) is 0 Å². The molecule has 122 valence electrons. The van der Waals surface area contributed by atoms with E-state index in [1.54, 1.807) is 0 Å². The van der Waals surface area contributed by atoms with Gasteiger partial charge < -0.3 is 15.2 Å². The van der Waals surface area contributed by atoms with Gasteiger partial charge in [-0.25, -0.2) is 0 Å². The number of hydrogen-bond acceptors (Lipinski definition) is 3. The number of nitrogens with one attached hydrogen (secondary N) is 1. The molecule has 0 unspecified atom stereocenters. The van der Waals surface area contributed by atoms with Gasteiger partial charge in [-0.1, -0.05) is 38.8 Å². The summed E-state index contributed by atoms with van der Waals surface area (Å²) in [6, 6.07) is 7.63. The SMILES string of the molecule is CC(C)COc1ccc(CC(=O)NCC2(O)CCCC2)cc1. The molecule has 0 spiro atoms. The lowest BCUT2D eigenvalue weighted by Gasteiger charge is -2.22. The Labute approximate surface area is 132 Å². The zero-order valence-corrected chi connectivity index (χ0v) is 13.6. The zero-order valence-electron chi connectivity index (χ0n) is 13.6. The van der Waals surface area contributed by atoms with Gasteiger partial charge in [0.05, 0.1) is 18.6 Å². The predicted octanol–water partition coefficient (Wildman–Crippen LogP) is 2.69. The van der Waals surface area contributed by atoms with E-state index in [0.29, 0.717) is 25.5 Å². The summed E-state index contributed by atoms with van der Waals surface area (Å²) in [6.45, 7) is 5.27. The van der Waals surface area contributed by atoms with E-state index in [0.717, 1.165) is 37.0 Å². The van der Waals surface area contributed by atoms with Crippen LogP contribution in [0.4, 0.5) is 0 Å². The molecule has 0 aromatic heterocycles. The highest BCUT2D eigenvalue weighted by molar-refractivity contribution is 5.78. The van der Waals surface area contributed by atoms with Gasteiger partial charge in [-0.3, -0.25) is 4.79 Å². The van der Waals surface area contributed by atoms with Crippen LogP contribution in [0.3, 0.4) is 0 Å². The van der Waals surface area contributed by atoms with Crippen LogP contribution in [0.1, 0.15) is 45.1 Å². The Hall–Kier alpha value is -1.55. The van der Waals surface area contributed by atoms with Crippen molar-refractivity contribution in [2.24, 2.45) is 5.92 Å². The molecular formula is C18H27NO3. The molecule has 2 rings (SSSR count). The molecular weight excluding hydrogens is 278 g/mol. The molecule has 0 radical (unpaired) electrons. The first-order valence-electron chi connectivity index (χ1n) is 8.18. The van der Waals surface area contributed by atoms with Crippen molar-refractivity contribution in [1.82, 2.24) is 5.32 Å². The molecule has 4 nitrogen and oxygen atoms in total. The Morgan fingerprint density at radius 3 is 2.50 bits per heavy atom. The van der Waals surface area contributed by atoms with Crippen LogP contribution >= 0.6 is 0 Å². The van der Waals surface area contributed by atoms with E-state index >= 15 is 0 Å². The van der Waals surface area contributed by atoms with Gasteiger partial charge in [-0.2, -0.15) is 0 Å². The summed E-state index contributed by atoms with van der Waals surface area (Å²) in [6.07, 6.45) is 4.00.